The van der Waals surface area contributed by atoms with E-state index in [0.717, 1.165) is 0 Å². The molecule has 84 valence electrons. The van der Waals surface area contributed by atoms with E-state index in [4.69, 9.17) is 10.2 Å². The van der Waals surface area contributed by atoms with Crippen molar-refractivity contribution in [3.8, 4) is 0 Å². The van der Waals surface area contributed by atoms with E-state index in [1.54, 1.807) is 6.92 Å². The van der Waals surface area contributed by atoms with Gasteiger partial charge in [0.15, 0.2) is 11.6 Å². The van der Waals surface area contributed by atoms with Crippen molar-refractivity contribution in [3.63, 3.8) is 0 Å². The maximum absolute atomic E-state index is 12.1. The first-order valence-corrected chi connectivity index (χ1v) is 4.18. The van der Waals surface area contributed by atoms with Crippen LogP contribution >= 0.6 is 0 Å². The summed E-state index contributed by atoms with van der Waals surface area (Å²) in [4.78, 5) is 14.3. The minimum absolute atomic E-state index is 0.0723. The summed E-state index contributed by atoms with van der Waals surface area (Å²) in [5.41, 5.74) is 4.43. The molecule has 4 nitrogen and oxygen atoms in total. The fraction of sp³-hybridized carbons (Fsp3) is 0.500. The van der Waals surface area contributed by atoms with E-state index in [9.17, 15) is 18.0 Å². The highest BCUT2D eigenvalue weighted by molar-refractivity contribution is 5.91. The van der Waals surface area contributed by atoms with Crippen molar-refractivity contribution in [2.75, 3.05) is 0 Å². The molecule has 0 fully saturated rings. The molecule has 0 saturated heterocycles. The van der Waals surface area contributed by atoms with Crippen molar-refractivity contribution < 1.29 is 22.4 Å². The van der Waals surface area contributed by atoms with Gasteiger partial charge < -0.3 is 10.2 Å². The van der Waals surface area contributed by atoms with Crippen LogP contribution in [0.15, 0.2) is 4.42 Å². The number of carbonyl (C=O) groups excluding carboxylic acids is 1. The predicted molar refractivity (Wildman–Crippen MR) is 44.2 cm³/mol. The maximum atomic E-state index is 12.1. The number of hydrogen-bond donors (Lipinski definition) is 1. The van der Waals surface area contributed by atoms with E-state index in [0.29, 0.717) is 6.42 Å². The molecule has 1 heterocycles. The quantitative estimate of drug-likeness (QED) is 0.841. The second-order valence-electron chi connectivity index (χ2n) is 2.89. The third-order valence-electron chi connectivity index (χ3n) is 1.64. The van der Waals surface area contributed by atoms with Gasteiger partial charge in [0.1, 0.15) is 12.2 Å². The van der Waals surface area contributed by atoms with Crippen molar-refractivity contribution in [3.05, 3.63) is 17.3 Å². The summed E-state index contributed by atoms with van der Waals surface area (Å²) in [6, 6.07) is 0. The van der Waals surface area contributed by atoms with Gasteiger partial charge in [0, 0.05) is 6.42 Å². The number of halogens is 3. The number of nitrogens with zero attached hydrogens (tertiary/aromatic N) is 1. The Morgan fingerprint density at radius 3 is 2.53 bits per heavy atom. The summed E-state index contributed by atoms with van der Waals surface area (Å²) in [6.07, 6.45) is -5.48. The van der Waals surface area contributed by atoms with E-state index >= 15 is 0 Å². The average Bonchev–Trinajstić information content (AvgIpc) is 2.44. The third kappa shape index (κ3) is 2.97. The van der Waals surface area contributed by atoms with Gasteiger partial charge in [-0.3, -0.25) is 4.79 Å². The van der Waals surface area contributed by atoms with Crippen molar-refractivity contribution in [2.24, 2.45) is 5.73 Å². The molecular formula is C8H9F3N2O2. The zero-order valence-electron chi connectivity index (χ0n) is 7.89. The SMILES string of the molecule is CCc1nc(C(N)=O)c(CC(F)(F)F)o1. The molecule has 1 amide bonds. The Kier molecular flexibility index (Phi) is 3.01. The van der Waals surface area contributed by atoms with E-state index in [2.05, 4.69) is 4.98 Å². The molecule has 7 heteroatoms. The number of hydrogen-bond acceptors (Lipinski definition) is 3. The lowest BCUT2D eigenvalue weighted by Crippen LogP contribution is -2.18. The molecule has 1 aromatic rings. The molecule has 0 unspecified atom stereocenters. The fourth-order valence-corrected chi connectivity index (χ4v) is 1.05. The van der Waals surface area contributed by atoms with Crippen LogP contribution in [0.25, 0.3) is 0 Å². The molecule has 0 aliphatic carbocycles. The first-order chi connectivity index (χ1) is 6.83. The molecule has 1 rings (SSSR count). The molecule has 0 radical (unpaired) electrons. The lowest BCUT2D eigenvalue weighted by molar-refractivity contribution is -0.130. The van der Waals surface area contributed by atoms with Crippen LogP contribution in [0.4, 0.5) is 13.2 Å². The van der Waals surface area contributed by atoms with Crippen LogP contribution in [0.5, 0.6) is 0 Å². The highest BCUT2D eigenvalue weighted by Crippen LogP contribution is 2.24. The monoisotopic (exact) mass is 222 g/mol. The van der Waals surface area contributed by atoms with Gasteiger partial charge in [-0.1, -0.05) is 6.92 Å². The lowest BCUT2D eigenvalue weighted by Gasteiger charge is -2.03. The van der Waals surface area contributed by atoms with Crippen LogP contribution in [-0.4, -0.2) is 17.1 Å². The molecule has 15 heavy (non-hydrogen) atoms. The Hall–Kier alpha value is -1.53. The molecule has 0 bridgehead atoms. The van der Waals surface area contributed by atoms with E-state index in [1.165, 1.54) is 0 Å². The van der Waals surface area contributed by atoms with Crippen LogP contribution in [-0.2, 0) is 12.8 Å². The molecule has 2 N–H and O–H groups in total. The largest absolute Gasteiger partial charge is 0.445 e. The maximum Gasteiger partial charge on any atom is 0.396 e. The second-order valence-corrected chi connectivity index (χ2v) is 2.89. The molecule has 0 aliphatic rings. The number of oxazole rings is 1. The number of nitrogens with two attached hydrogens (primary N) is 1. The minimum atomic E-state index is -4.45. The van der Waals surface area contributed by atoms with Crippen molar-refractivity contribution >= 4 is 5.91 Å². The Labute approximate surface area is 83.3 Å². The van der Waals surface area contributed by atoms with Crippen LogP contribution in [0.1, 0.15) is 29.1 Å². The van der Waals surface area contributed by atoms with Crippen LogP contribution < -0.4 is 5.73 Å². The lowest BCUT2D eigenvalue weighted by atomic mass is 10.2. The highest BCUT2D eigenvalue weighted by Gasteiger charge is 2.33. The third-order valence-corrected chi connectivity index (χ3v) is 1.64. The van der Waals surface area contributed by atoms with Crippen LogP contribution in [0, 0.1) is 0 Å². The number of alkyl halides is 3. The number of amides is 1. The molecule has 1 aromatic heterocycles. The smallest absolute Gasteiger partial charge is 0.396 e. The summed E-state index contributed by atoms with van der Waals surface area (Å²) in [5, 5.41) is 0. The van der Waals surface area contributed by atoms with Gasteiger partial charge in [-0.05, 0) is 0 Å². The zero-order chi connectivity index (χ0) is 11.6. The summed E-state index contributed by atoms with van der Waals surface area (Å²) in [6.45, 7) is 1.65. The van der Waals surface area contributed by atoms with E-state index < -0.39 is 30.0 Å². The molecule has 0 aromatic carbocycles. The highest BCUT2D eigenvalue weighted by atomic mass is 19.4. The van der Waals surface area contributed by atoms with Gasteiger partial charge in [-0.25, -0.2) is 4.98 Å². The van der Waals surface area contributed by atoms with Crippen molar-refractivity contribution in [2.45, 2.75) is 25.9 Å². The average molecular weight is 222 g/mol. The van der Waals surface area contributed by atoms with E-state index in [-0.39, 0.29) is 5.89 Å². The number of aromatic nitrogens is 1. The number of rotatable bonds is 3. The molecular weight excluding hydrogens is 213 g/mol. The second kappa shape index (κ2) is 3.92. The first-order valence-electron chi connectivity index (χ1n) is 4.18. The van der Waals surface area contributed by atoms with Crippen LogP contribution in [0.3, 0.4) is 0 Å². The summed E-state index contributed by atoms with van der Waals surface area (Å²) < 4.78 is 40.9. The Morgan fingerprint density at radius 2 is 2.13 bits per heavy atom. The van der Waals surface area contributed by atoms with Gasteiger partial charge in [-0.15, -0.1) is 0 Å². The number of aryl methyl sites for hydroxylation is 1. The van der Waals surface area contributed by atoms with Gasteiger partial charge in [-0.2, -0.15) is 13.2 Å². The van der Waals surface area contributed by atoms with Gasteiger partial charge >= 0.3 is 6.18 Å². The Bertz CT molecular complexity index is 370. The van der Waals surface area contributed by atoms with Gasteiger partial charge in [0.2, 0.25) is 0 Å². The molecule has 0 atom stereocenters. The minimum Gasteiger partial charge on any atom is -0.445 e. The fourth-order valence-electron chi connectivity index (χ4n) is 1.05. The van der Waals surface area contributed by atoms with E-state index in [1.807, 2.05) is 0 Å². The Balaban J connectivity index is 3.04. The molecule has 0 saturated carbocycles. The number of primary amides is 1. The number of carbonyl (C=O) groups is 1. The summed E-state index contributed by atoms with van der Waals surface area (Å²) in [7, 11) is 0. The first kappa shape index (κ1) is 11.5. The van der Waals surface area contributed by atoms with Crippen molar-refractivity contribution in [1.82, 2.24) is 4.98 Å². The normalized spacial score (nSPS) is 11.7. The topological polar surface area (TPSA) is 69.1 Å². The standard InChI is InChI=1S/C8H9F3N2O2/c1-2-5-13-6(7(12)14)4(15-5)3-8(9,10)11/h2-3H2,1H3,(H2,12,14). The zero-order valence-corrected chi connectivity index (χ0v) is 7.89. The summed E-state index contributed by atoms with van der Waals surface area (Å²) in [5.74, 6) is -1.47. The molecule has 0 spiro atoms. The molecule has 0 aliphatic heterocycles. The summed E-state index contributed by atoms with van der Waals surface area (Å²) >= 11 is 0. The van der Waals surface area contributed by atoms with Crippen molar-refractivity contribution in [1.29, 1.82) is 0 Å². The predicted octanol–water partition coefficient (Wildman–Crippen LogP) is 1.44. The van der Waals surface area contributed by atoms with Crippen LogP contribution in [0.2, 0.25) is 0 Å². The van der Waals surface area contributed by atoms with Gasteiger partial charge in [0.25, 0.3) is 5.91 Å². The van der Waals surface area contributed by atoms with Gasteiger partial charge in [0.05, 0.1) is 0 Å². The Morgan fingerprint density at radius 1 is 1.53 bits per heavy atom.